The van der Waals surface area contributed by atoms with Crippen LogP contribution in [-0.2, 0) is 27.4 Å². The number of aromatic nitrogens is 3. The van der Waals surface area contributed by atoms with Crippen molar-refractivity contribution in [2.24, 2.45) is 5.41 Å². The second-order valence-corrected chi connectivity index (χ2v) is 11.3. The Labute approximate surface area is 215 Å². The maximum absolute atomic E-state index is 13.8. The fourth-order valence-electron chi connectivity index (χ4n) is 4.31. The van der Waals surface area contributed by atoms with Gasteiger partial charge in [-0.2, -0.15) is 17.5 Å². The summed E-state index contributed by atoms with van der Waals surface area (Å²) in [6, 6.07) is 6.61. The number of aryl methyl sites for hydroxylation is 1. The van der Waals surface area contributed by atoms with E-state index < -0.39 is 51.6 Å². The lowest BCUT2D eigenvalue weighted by atomic mass is 9.88. The molecular formula is C25H23F5N4O3S. The molecule has 2 aromatic heterocycles. The van der Waals surface area contributed by atoms with E-state index in [0.29, 0.717) is 17.0 Å². The van der Waals surface area contributed by atoms with Gasteiger partial charge in [-0.15, -0.1) is 0 Å². The summed E-state index contributed by atoms with van der Waals surface area (Å²) >= 11 is 0. The fraction of sp³-hybridized carbons (Fsp3) is 0.360. The normalized spacial score (nSPS) is 20.5. The Morgan fingerprint density at radius 3 is 2.42 bits per heavy atom. The van der Waals surface area contributed by atoms with E-state index in [1.807, 2.05) is 0 Å². The number of benzene rings is 1. The second kappa shape index (κ2) is 10.4. The van der Waals surface area contributed by atoms with E-state index in [9.17, 15) is 35.2 Å². The van der Waals surface area contributed by atoms with Gasteiger partial charge in [0.15, 0.2) is 5.78 Å². The van der Waals surface area contributed by atoms with Gasteiger partial charge in [0.05, 0.1) is 23.3 Å². The minimum absolute atomic E-state index is 0.0188. The average Bonchev–Trinajstić information content (AvgIpc) is 3.26. The lowest BCUT2D eigenvalue weighted by molar-refractivity contribution is -0.141. The molecule has 0 amide bonds. The molecule has 13 heteroatoms. The monoisotopic (exact) mass is 554 g/mol. The van der Waals surface area contributed by atoms with Crippen molar-refractivity contribution in [1.82, 2.24) is 19.3 Å². The molecule has 7 nitrogen and oxygen atoms in total. The minimum atomic E-state index is -4.58. The maximum atomic E-state index is 13.8. The molecule has 0 spiro atoms. The van der Waals surface area contributed by atoms with Crippen LogP contribution < -0.4 is 0 Å². The van der Waals surface area contributed by atoms with Gasteiger partial charge in [0.2, 0.25) is 10.0 Å². The molecule has 0 unspecified atom stereocenters. The first-order chi connectivity index (χ1) is 17.8. The number of halogens is 5. The SMILES string of the molecule is C[C@@]1(CF)C[C@@H](C(=O)CCc2cc(-c3ccc(C(F)(F)F)nc3)ncn2)N(S(=O)(=O)c2ccc(F)cc2)C1. The Balaban J connectivity index is 1.51. The summed E-state index contributed by atoms with van der Waals surface area (Å²) in [6.07, 6.45) is -2.39. The van der Waals surface area contributed by atoms with Crippen molar-refractivity contribution in [3.8, 4) is 11.3 Å². The zero-order chi connectivity index (χ0) is 27.7. The first kappa shape index (κ1) is 27.7. The smallest absolute Gasteiger partial charge is 0.298 e. The molecule has 1 aliphatic heterocycles. The van der Waals surface area contributed by atoms with Crippen molar-refractivity contribution in [1.29, 1.82) is 0 Å². The number of alkyl halides is 4. The number of sulfonamides is 1. The highest BCUT2D eigenvalue weighted by atomic mass is 32.2. The van der Waals surface area contributed by atoms with Gasteiger partial charge in [-0.05, 0) is 55.3 Å². The second-order valence-electron chi connectivity index (χ2n) is 9.46. The Hall–Kier alpha value is -3.32. The molecule has 38 heavy (non-hydrogen) atoms. The van der Waals surface area contributed by atoms with Crippen molar-refractivity contribution in [3.05, 3.63) is 72.2 Å². The number of nitrogens with zero attached hydrogens (tertiary/aromatic N) is 4. The number of carbonyl (C=O) groups excluding carboxylic acids is 1. The fourth-order valence-corrected chi connectivity index (χ4v) is 6.07. The molecule has 3 aromatic rings. The third-order valence-electron chi connectivity index (χ3n) is 6.39. The average molecular weight is 555 g/mol. The van der Waals surface area contributed by atoms with Crippen LogP contribution in [0.5, 0.6) is 0 Å². The number of ketones is 1. The van der Waals surface area contributed by atoms with Gasteiger partial charge < -0.3 is 0 Å². The van der Waals surface area contributed by atoms with E-state index in [1.54, 1.807) is 6.92 Å². The van der Waals surface area contributed by atoms with Crippen LogP contribution >= 0.6 is 0 Å². The first-order valence-electron chi connectivity index (χ1n) is 11.5. The van der Waals surface area contributed by atoms with Crippen LogP contribution in [0, 0.1) is 11.2 Å². The topological polar surface area (TPSA) is 93.1 Å². The molecule has 1 fully saturated rings. The lowest BCUT2D eigenvalue weighted by Gasteiger charge is -2.23. The molecule has 0 radical (unpaired) electrons. The van der Waals surface area contributed by atoms with Gasteiger partial charge in [0.1, 0.15) is 17.8 Å². The highest BCUT2D eigenvalue weighted by molar-refractivity contribution is 7.89. The third-order valence-corrected chi connectivity index (χ3v) is 8.26. The third kappa shape index (κ3) is 5.88. The summed E-state index contributed by atoms with van der Waals surface area (Å²) in [5, 5.41) is 0. The molecule has 202 valence electrons. The van der Waals surface area contributed by atoms with Gasteiger partial charge in [-0.3, -0.25) is 14.2 Å². The number of Topliss-reactive ketones (excluding diaryl/α,β-unsaturated/α-hetero) is 1. The predicted molar refractivity (Wildman–Crippen MR) is 126 cm³/mol. The Morgan fingerprint density at radius 1 is 1.11 bits per heavy atom. The molecule has 0 saturated carbocycles. The van der Waals surface area contributed by atoms with Crippen LogP contribution in [-0.4, -0.2) is 52.7 Å². The van der Waals surface area contributed by atoms with E-state index >= 15 is 0 Å². The molecule has 4 rings (SSSR count). The quantitative estimate of drug-likeness (QED) is 0.377. The van der Waals surface area contributed by atoms with Crippen LogP contribution in [0.25, 0.3) is 11.3 Å². The van der Waals surface area contributed by atoms with Crippen molar-refractivity contribution in [2.45, 2.75) is 43.3 Å². The molecule has 1 saturated heterocycles. The van der Waals surface area contributed by atoms with Crippen molar-refractivity contribution in [2.75, 3.05) is 13.2 Å². The van der Waals surface area contributed by atoms with E-state index in [0.717, 1.165) is 40.8 Å². The highest BCUT2D eigenvalue weighted by Crippen LogP contribution is 2.39. The molecular weight excluding hydrogens is 531 g/mol. The molecule has 2 atom stereocenters. The number of pyridine rings is 1. The van der Waals surface area contributed by atoms with Crippen molar-refractivity contribution >= 4 is 15.8 Å². The first-order valence-corrected chi connectivity index (χ1v) is 13.0. The lowest BCUT2D eigenvalue weighted by Crippen LogP contribution is -2.41. The largest absolute Gasteiger partial charge is 0.433 e. The summed E-state index contributed by atoms with van der Waals surface area (Å²) in [5.74, 6) is -1.06. The van der Waals surface area contributed by atoms with Crippen LogP contribution in [0.15, 0.2) is 59.9 Å². The summed E-state index contributed by atoms with van der Waals surface area (Å²) in [6.45, 7) is 0.517. The van der Waals surface area contributed by atoms with Gasteiger partial charge in [0.25, 0.3) is 0 Å². The Morgan fingerprint density at radius 2 is 1.82 bits per heavy atom. The molecule has 1 aliphatic rings. The summed E-state index contributed by atoms with van der Waals surface area (Å²) in [4.78, 5) is 24.6. The number of hydrogen-bond acceptors (Lipinski definition) is 6. The molecule has 0 aliphatic carbocycles. The van der Waals surface area contributed by atoms with E-state index in [-0.39, 0.29) is 30.7 Å². The van der Waals surface area contributed by atoms with Crippen LogP contribution in [0.3, 0.4) is 0 Å². The van der Waals surface area contributed by atoms with E-state index in [2.05, 4.69) is 15.0 Å². The van der Waals surface area contributed by atoms with Crippen molar-refractivity contribution in [3.63, 3.8) is 0 Å². The summed E-state index contributed by atoms with van der Waals surface area (Å²) < 4.78 is 93.0. The highest BCUT2D eigenvalue weighted by Gasteiger charge is 2.49. The van der Waals surface area contributed by atoms with Crippen LogP contribution in [0.4, 0.5) is 22.0 Å². The van der Waals surface area contributed by atoms with Gasteiger partial charge in [-0.1, -0.05) is 6.92 Å². The van der Waals surface area contributed by atoms with Crippen LogP contribution in [0.1, 0.15) is 31.2 Å². The number of carbonyl (C=O) groups is 1. The standard InChI is InChI=1S/C25H23F5N4O3S/c1-24(13-26)11-21(34(14-24)38(36,37)19-6-3-17(27)4-7-19)22(35)8-5-18-10-20(33-15-32-18)16-2-9-23(31-12-16)25(28,29)30/h2-4,6-7,9-10,12,15,21H,5,8,11,13-14H2,1H3/t21-,24-/m0/s1. The van der Waals surface area contributed by atoms with Gasteiger partial charge in [0, 0.05) is 35.8 Å². The summed E-state index contributed by atoms with van der Waals surface area (Å²) in [7, 11) is -4.20. The summed E-state index contributed by atoms with van der Waals surface area (Å²) in [5.41, 5.74) is -1.08. The Bertz CT molecular complexity index is 1420. The molecule has 1 aromatic carbocycles. The van der Waals surface area contributed by atoms with E-state index in [4.69, 9.17) is 0 Å². The van der Waals surface area contributed by atoms with Gasteiger partial charge in [-0.25, -0.2) is 22.8 Å². The number of rotatable bonds is 8. The Kier molecular flexibility index (Phi) is 7.62. The molecule has 0 N–H and O–H groups in total. The van der Waals surface area contributed by atoms with E-state index in [1.165, 1.54) is 18.5 Å². The zero-order valence-corrected chi connectivity index (χ0v) is 20.9. The molecule has 0 bridgehead atoms. The number of hydrogen-bond donors (Lipinski definition) is 0. The minimum Gasteiger partial charge on any atom is -0.298 e. The van der Waals surface area contributed by atoms with Gasteiger partial charge >= 0.3 is 6.18 Å². The molecule has 3 heterocycles. The maximum Gasteiger partial charge on any atom is 0.433 e. The zero-order valence-electron chi connectivity index (χ0n) is 20.1. The predicted octanol–water partition coefficient (Wildman–Crippen LogP) is 4.64. The van der Waals surface area contributed by atoms with Crippen molar-refractivity contribution < 1.29 is 35.2 Å². The van der Waals surface area contributed by atoms with Crippen LogP contribution in [0.2, 0.25) is 0 Å².